The molecule has 1 unspecified atom stereocenters. The highest BCUT2D eigenvalue weighted by atomic mass is 16.5. The van der Waals surface area contributed by atoms with Gasteiger partial charge in [-0.05, 0) is 31.2 Å². The number of pyridine rings is 1. The number of aromatic amines is 1. The second-order valence-electron chi connectivity index (χ2n) is 8.78. The second kappa shape index (κ2) is 7.45. The molecule has 0 radical (unpaired) electrons. The van der Waals surface area contributed by atoms with Gasteiger partial charge in [0.25, 0.3) is 5.91 Å². The third-order valence-electron chi connectivity index (χ3n) is 5.93. The molecule has 0 saturated carbocycles. The number of nitrogens with zero attached hydrogens (tertiary/aromatic N) is 4. The summed E-state index contributed by atoms with van der Waals surface area (Å²) in [6.45, 7) is 7.27. The first-order valence-corrected chi connectivity index (χ1v) is 10.5. The number of nitrogens with one attached hydrogen (secondary N) is 2. The summed E-state index contributed by atoms with van der Waals surface area (Å²) in [6.07, 6.45) is 5.52. The fourth-order valence-corrected chi connectivity index (χ4v) is 3.86. The van der Waals surface area contributed by atoms with Crippen molar-refractivity contribution in [3.05, 3.63) is 54.2 Å². The molecular weight excluding hydrogens is 406 g/mol. The van der Waals surface area contributed by atoms with E-state index in [0.29, 0.717) is 24.5 Å². The Labute approximate surface area is 185 Å². The number of carbonyl (C=O) groups is 1. The second-order valence-corrected chi connectivity index (χ2v) is 8.78. The Morgan fingerprint density at radius 3 is 2.84 bits per heavy atom. The summed E-state index contributed by atoms with van der Waals surface area (Å²) < 4.78 is 7.55. The fraction of sp³-hybridized carbons (Fsp3) is 0.304. The van der Waals surface area contributed by atoms with Gasteiger partial charge in [-0.15, -0.1) is 0 Å². The lowest BCUT2D eigenvalue weighted by Crippen LogP contribution is -2.53. The van der Waals surface area contributed by atoms with Crippen molar-refractivity contribution in [1.82, 2.24) is 29.7 Å². The molecule has 0 aliphatic carbocycles. The molecule has 1 atom stereocenters. The average Bonchev–Trinajstić information content (AvgIpc) is 3.43. The normalized spacial score (nSPS) is 17.3. The van der Waals surface area contributed by atoms with Crippen LogP contribution < -0.4 is 11.1 Å². The van der Waals surface area contributed by atoms with Gasteiger partial charge >= 0.3 is 0 Å². The summed E-state index contributed by atoms with van der Waals surface area (Å²) in [5.41, 5.74) is 10.8. The number of hydrogen-bond acceptors (Lipinski definition) is 6. The molecular formula is C23H25N7O2. The van der Waals surface area contributed by atoms with Gasteiger partial charge in [0.1, 0.15) is 17.0 Å². The maximum absolute atomic E-state index is 13.0. The van der Waals surface area contributed by atoms with E-state index in [4.69, 9.17) is 10.5 Å². The number of H-pyrrole nitrogens is 1. The SMILES string of the molecule is Cc1cnc2ccc(-c3nc(C(=O)NCC4OCC4(C)C)c(N)nc3-c3ccc[nH]3)cn12. The highest BCUT2D eigenvalue weighted by molar-refractivity contribution is 5.98. The van der Waals surface area contributed by atoms with Crippen LogP contribution in [0, 0.1) is 12.3 Å². The van der Waals surface area contributed by atoms with Crippen LogP contribution >= 0.6 is 0 Å². The van der Waals surface area contributed by atoms with E-state index in [-0.39, 0.29) is 28.9 Å². The zero-order valence-electron chi connectivity index (χ0n) is 18.2. The number of ether oxygens (including phenoxy) is 1. The van der Waals surface area contributed by atoms with Crippen LogP contribution in [0.15, 0.2) is 42.9 Å². The van der Waals surface area contributed by atoms with Crippen molar-refractivity contribution in [2.24, 2.45) is 5.41 Å². The lowest BCUT2D eigenvalue weighted by atomic mass is 9.82. The van der Waals surface area contributed by atoms with Crippen LogP contribution in [0.4, 0.5) is 5.82 Å². The molecule has 0 spiro atoms. The first-order chi connectivity index (χ1) is 15.3. The van der Waals surface area contributed by atoms with Gasteiger partial charge in [-0.3, -0.25) is 4.79 Å². The van der Waals surface area contributed by atoms with Crippen molar-refractivity contribution in [1.29, 1.82) is 0 Å². The number of anilines is 1. The van der Waals surface area contributed by atoms with Gasteiger partial charge in [-0.2, -0.15) is 0 Å². The number of hydrogen-bond donors (Lipinski definition) is 3. The molecule has 0 bridgehead atoms. The summed E-state index contributed by atoms with van der Waals surface area (Å²) in [7, 11) is 0. The summed E-state index contributed by atoms with van der Waals surface area (Å²) in [5, 5.41) is 2.90. The van der Waals surface area contributed by atoms with E-state index in [9.17, 15) is 4.79 Å². The Bertz CT molecular complexity index is 1310. The third-order valence-corrected chi connectivity index (χ3v) is 5.93. The minimum Gasteiger partial charge on any atom is -0.382 e. The van der Waals surface area contributed by atoms with Crippen molar-refractivity contribution in [3.63, 3.8) is 0 Å². The van der Waals surface area contributed by atoms with E-state index in [1.54, 1.807) is 6.20 Å². The number of aromatic nitrogens is 5. The fourth-order valence-electron chi connectivity index (χ4n) is 3.86. The third kappa shape index (κ3) is 3.40. The molecule has 1 amide bonds. The highest BCUT2D eigenvalue weighted by Crippen LogP contribution is 2.33. The van der Waals surface area contributed by atoms with Crippen molar-refractivity contribution in [3.8, 4) is 22.6 Å². The molecule has 4 N–H and O–H groups in total. The number of aryl methyl sites for hydroxylation is 1. The average molecular weight is 432 g/mol. The number of carbonyl (C=O) groups excluding carboxylic acids is 1. The van der Waals surface area contributed by atoms with E-state index >= 15 is 0 Å². The number of nitrogens with two attached hydrogens (primary N) is 1. The van der Waals surface area contributed by atoms with Gasteiger partial charge in [0.2, 0.25) is 0 Å². The van der Waals surface area contributed by atoms with E-state index in [2.05, 4.69) is 39.1 Å². The van der Waals surface area contributed by atoms with Gasteiger partial charge in [0.15, 0.2) is 11.5 Å². The van der Waals surface area contributed by atoms with Crippen LogP contribution in [-0.4, -0.2) is 49.5 Å². The minimum absolute atomic E-state index is 0.0329. The molecule has 1 aliphatic heterocycles. The van der Waals surface area contributed by atoms with Crippen LogP contribution in [0.25, 0.3) is 28.3 Å². The van der Waals surface area contributed by atoms with Crippen molar-refractivity contribution >= 4 is 17.4 Å². The number of fused-ring (bicyclic) bond motifs is 1. The molecule has 1 aliphatic rings. The molecule has 5 heterocycles. The number of nitrogen functional groups attached to an aromatic ring is 1. The zero-order valence-corrected chi connectivity index (χ0v) is 18.2. The Balaban J connectivity index is 1.55. The molecule has 9 heteroatoms. The maximum Gasteiger partial charge on any atom is 0.273 e. The Hall–Kier alpha value is -3.72. The molecule has 4 aromatic rings. The standard InChI is InChI=1S/C23H25N7O2/c1-13-9-26-17-7-6-14(11-30(13)17)18-19(15-5-4-8-25-15)29-21(24)20(28-18)22(31)27-10-16-23(2,3)12-32-16/h4-9,11,16,25H,10,12H2,1-3H3,(H2,24,29)(H,27,31). The van der Waals surface area contributed by atoms with E-state index in [0.717, 1.165) is 22.6 Å². The molecule has 32 heavy (non-hydrogen) atoms. The van der Waals surface area contributed by atoms with Gasteiger partial charge in [-0.1, -0.05) is 13.8 Å². The van der Waals surface area contributed by atoms with Gasteiger partial charge in [-0.25, -0.2) is 15.0 Å². The summed E-state index contributed by atoms with van der Waals surface area (Å²) >= 11 is 0. The van der Waals surface area contributed by atoms with E-state index < -0.39 is 0 Å². The van der Waals surface area contributed by atoms with Crippen LogP contribution in [0.1, 0.15) is 30.0 Å². The Morgan fingerprint density at radius 2 is 2.16 bits per heavy atom. The smallest absolute Gasteiger partial charge is 0.273 e. The predicted molar refractivity (Wildman–Crippen MR) is 121 cm³/mol. The van der Waals surface area contributed by atoms with Gasteiger partial charge < -0.3 is 25.2 Å². The summed E-state index contributed by atoms with van der Waals surface area (Å²) in [5.74, 6) is -0.301. The monoisotopic (exact) mass is 431 g/mol. The quantitative estimate of drug-likeness (QED) is 0.446. The zero-order chi connectivity index (χ0) is 22.5. The lowest BCUT2D eigenvalue weighted by molar-refractivity contribution is -0.163. The summed E-state index contributed by atoms with van der Waals surface area (Å²) in [6, 6.07) is 7.60. The Morgan fingerprint density at radius 1 is 1.31 bits per heavy atom. The van der Waals surface area contributed by atoms with Crippen LogP contribution in [-0.2, 0) is 4.74 Å². The number of amides is 1. The van der Waals surface area contributed by atoms with Gasteiger partial charge in [0, 0.05) is 41.8 Å². The molecule has 0 aromatic carbocycles. The molecule has 1 saturated heterocycles. The largest absolute Gasteiger partial charge is 0.382 e. The lowest BCUT2D eigenvalue weighted by Gasteiger charge is -2.44. The highest BCUT2D eigenvalue weighted by Gasteiger charge is 2.40. The molecule has 1 fully saturated rings. The van der Waals surface area contributed by atoms with Crippen LogP contribution in [0.5, 0.6) is 0 Å². The predicted octanol–water partition coefficient (Wildman–Crippen LogP) is 2.83. The first kappa shape index (κ1) is 20.2. The van der Waals surface area contributed by atoms with Crippen molar-refractivity contribution < 1.29 is 9.53 Å². The molecule has 4 aromatic heterocycles. The van der Waals surface area contributed by atoms with Crippen molar-refractivity contribution in [2.45, 2.75) is 26.9 Å². The van der Waals surface area contributed by atoms with Gasteiger partial charge in [0.05, 0.1) is 18.4 Å². The molecule has 164 valence electrons. The molecule has 5 rings (SSSR count). The van der Waals surface area contributed by atoms with Crippen LogP contribution in [0.2, 0.25) is 0 Å². The Kier molecular flexibility index (Phi) is 4.70. The topological polar surface area (TPSA) is 123 Å². The van der Waals surface area contributed by atoms with E-state index in [1.165, 1.54) is 0 Å². The molecule has 9 nitrogen and oxygen atoms in total. The van der Waals surface area contributed by atoms with E-state index in [1.807, 2.05) is 48.0 Å². The maximum atomic E-state index is 13.0. The number of imidazole rings is 1. The number of rotatable bonds is 5. The van der Waals surface area contributed by atoms with Crippen molar-refractivity contribution in [2.75, 3.05) is 18.9 Å². The summed E-state index contributed by atoms with van der Waals surface area (Å²) in [4.78, 5) is 29.7. The minimum atomic E-state index is -0.375. The first-order valence-electron chi connectivity index (χ1n) is 10.5. The van der Waals surface area contributed by atoms with Crippen LogP contribution in [0.3, 0.4) is 0 Å².